The normalized spacial score (nSPS) is 20.5. The molecule has 0 aromatic heterocycles. The SMILES string of the molecule is CCOC(=O)NC[C@@H]1CC(Br)=NO1. The van der Waals surface area contributed by atoms with Gasteiger partial charge >= 0.3 is 6.09 Å². The van der Waals surface area contributed by atoms with Crippen LogP contribution in [0.2, 0.25) is 0 Å². The highest BCUT2D eigenvalue weighted by Gasteiger charge is 2.19. The molecular formula is C7H11BrN2O3. The van der Waals surface area contributed by atoms with Crippen LogP contribution in [0.1, 0.15) is 13.3 Å². The van der Waals surface area contributed by atoms with Crippen molar-refractivity contribution < 1.29 is 14.4 Å². The van der Waals surface area contributed by atoms with Crippen molar-refractivity contribution in [2.75, 3.05) is 13.2 Å². The number of hydrogen-bond acceptors (Lipinski definition) is 4. The zero-order valence-corrected chi connectivity index (χ0v) is 8.83. The number of halogens is 1. The van der Waals surface area contributed by atoms with Crippen molar-refractivity contribution in [2.45, 2.75) is 19.4 Å². The number of amides is 1. The summed E-state index contributed by atoms with van der Waals surface area (Å²) < 4.78 is 5.44. The van der Waals surface area contributed by atoms with Crippen LogP contribution in [0.5, 0.6) is 0 Å². The maximum atomic E-state index is 10.8. The van der Waals surface area contributed by atoms with Gasteiger partial charge in [0.05, 0.1) is 13.2 Å². The predicted octanol–water partition coefficient (Wildman–Crippen LogP) is 1.23. The Morgan fingerprint density at radius 1 is 1.92 bits per heavy atom. The summed E-state index contributed by atoms with van der Waals surface area (Å²) in [6.07, 6.45) is 0.180. The molecule has 0 aliphatic carbocycles. The Morgan fingerprint density at radius 3 is 3.23 bits per heavy atom. The number of oxime groups is 1. The fourth-order valence-corrected chi connectivity index (χ4v) is 1.33. The second-order valence-electron chi connectivity index (χ2n) is 2.50. The highest BCUT2D eigenvalue weighted by atomic mass is 79.9. The maximum Gasteiger partial charge on any atom is 0.407 e. The lowest BCUT2D eigenvalue weighted by molar-refractivity contribution is 0.0812. The first-order valence-corrected chi connectivity index (χ1v) is 4.80. The van der Waals surface area contributed by atoms with Gasteiger partial charge < -0.3 is 14.9 Å². The number of carbonyl (C=O) groups is 1. The summed E-state index contributed by atoms with van der Waals surface area (Å²) in [6, 6.07) is 0. The van der Waals surface area contributed by atoms with E-state index in [0.717, 1.165) is 4.62 Å². The summed E-state index contributed by atoms with van der Waals surface area (Å²) in [4.78, 5) is 15.8. The van der Waals surface area contributed by atoms with Gasteiger partial charge in [0.1, 0.15) is 4.62 Å². The van der Waals surface area contributed by atoms with Crippen molar-refractivity contribution in [2.24, 2.45) is 5.16 Å². The Bertz CT molecular complexity index is 220. The van der Waals surface area contributed by atoms with Crippen molar-refractivity contribution in [1.82, 2.24) is 5.32 Å². The van der Waals surface area contributed by atoms with Gasteiger partial charge in [-0.1, -0.05) is 5.16 Å². The largest absolute Gasteiger partial charge is 0.450 e. The zero-order valence-electron chi connectivity index (χ0n) is 7.25. The molecule has 1 aliphatic rings. The minimum Gasteiger partial charge on any atom is -0.450 e. The number of carbonyl (C=O) groups excluding carboxylic acids is 1. The number of alkyl carbamates (subject to hydrolysis) is 1. The second kappa shape index (κ2) is 5.06. The molecule has 6 heteroatoms. The number of hydrogen-bond donors (Lipinski definition) is 1. The summed E-state index contributed by atoms with van der Waals surface area (Å²) in [5.41, 5.74) is 0. The van der Waals surface area contributed by atoms with E-state index in [9.17, 15) is 4.79 Å². The fraction of sp³-hybridized carbons (Fsp3) is 0.714. The molecule has 0 radical (unpaired) electrons. The van der Waals surface area contributed by atoms with E-state index in [1.165, 1.54) is 0 Å². The standard InChI is InChI=1S/C7H11BrN2O3/c1-2-12-7(11)9-4-5-3-6(8)10-13-5/h5H,2-4H2,1H3,(H,9,11)/t5-/m0/s1. The molecule has 1 amide bonds. The highest BCUT2D eigenvalue weighted by molar-refractivity contribution is 9.18. The molecule has 13 heavy (non-hydrogen) atoms. The Balaban J connectivity index is 2.10. The lowest BCUT2D eigenvalue weighted by atomic mass is 10.3. The van der Waals surface area contributed by atoms with Crippen LogP contribution in [-0.4, -0.2) is 30.0 Å². The van der Waals surface area contributed by atoms with Crippen molar-refractivity contribution in [3.8, 4) is 0 Å². The van der Waals surface area contributed by atoms with Crippen LogP contribution in [0.3, 0.4) is 0 Å². The van der Waals surface area contributed by atoms with E-state index in [-0.39, 0.29) is 6.10 Å². The van der Waals surface area contributed by atoms with Gasteiger partial charge in [0.2, 0.25) is 0 Å². The van der Waals surface area contributed by atoms with Gasteiger partial charge in [0, 0.05) is 6.42 Å². The molecule has 0 aromatic rings. The first kappa shape index (κ1) is 10.3. The van der Waals surface area contributed by atoms with Crippen molar-refractivity contribution >= 4 is 26.6 Å². The van der Waals surface area contributed by atoms with Crippen LogP contribution in [0, 0.1) is 0 Å². The van der Waals surface area contributed by atoms with Crippen LogP contribution < -0.4 is 5.32 Å². The summed E-state index contributed by atoms with van der Waals surface area (Å²) in [6.45, 7) is 2.54. The molecule has 1 N–H and O–H groups in total. The Labute approximate surface area is 84.6 Å². The molecule has 0 aromatic carbocycles. The number of nitrogens with zero attached hydrogens (tertiary/aromatic N) is 1. The summed E-state index contributed by atoms with van der Waals surface area (Å²) in [5.74, 6) is 0. The van der Waals surface area contributed by atoms with Crippen LogP contribution in [0.15, 0.2) is 5.16 Å². The molecule has 0 bridgehead atoms. The number of rotatable bonds is 3. The summed E-state index contributed by atoms with van der Waals surface area (Å²) >= 11 is 3.20. The summed E-state index contributed by atoms with van der Waals surface area (Å²) in [7, 11) is 0. The average molecular weight is 251 g/mol. The molecule has 1 atom stereocenters. The first-order chi connectivity index (χ1) is 6.22. The lowest BCUT2D eigenvalue weighted by Crippen LogP contribution is -2.32. The Morgan fingerprint density at radius 2 is 2.69 bits per heavy atom. The van der Waals surface area contributed by atoms with Crippen molar-refractivity contribution in [1.29, 1.82) is 0 Å². The number of nitrogens with one attached hydrogen (secondary N) is 1. The van der Waals surface area contributed by atoms with E-state index in [1.807, 2.05) is 0 Å². The first-order valence-electron chi connectivity index (χ1n) is 4.01. The third kappa shape index (κ3) is 3.63. The van der Waals surface area contributed by atoms with Gasteiger partial charge in [-0.15, -0.1) is 0 Å². The highest BCUT2D eigenvalue weighted by Crippen LogP contribution is 2.12. The van der Waals surface area contributed by atoms with Gasteiger partial charge in [-0.3, -0.25) is 0 Å². The molecule has 1 rings (SSSR count). The molecule has 0 saturated carbocycles. The Kier molecular flexibility index (Phi) is 4.01. The van der Waals surface area contributed by atoms with Crippen LogP contribution in [0.25, 0.3) is 0 Å². The predicted molar refractivity (Wildman–Crippen MR) is 50.9 cm³/mol. The zero-order chi connectivity index (χ0) is 9.68. The van der Waals surface area contributed by atoms with Gasteiger partial charge in [0.15, 0.2) is 6.10 Å². The monoisotopic (exact) mass is 250 g/mol. The minimum atomic E-state index is -0.422. The molecule has 0 unspecified atom stereocenters. The fourth-order valence-electron chi connectivity index (χ4n) is 0.883. The van der Waals surface area contributed by atoms with Crippen molar-refractivity contribution in [3.05, 3.63) is 0 Å². The molecule has 0 saturated heterocycles. The molecule has 1 heterocycles. The molecule has 0 fully saturated rings. The molecule has 0 spiro atoms. The smallest absolute Gasteiger partial charge is 0.407 e. The van der Waals surface area contributed by atoms with Crippen molar-refractivity contribution in [3.63, 3.8) is 0 Å². The van der Waals surface area contributed by atoms with Gasteiger partial charge in [-0.2, -0.15) is 0 Å². The third-order valence-corrected chi connectivity index (χ3v) is 1.91. The van der Waals surface area contributed by atoms with E-state index in [1.54, 1.807) is 6.92 Å². The Hall–Kier alpha value is -0.780. The topological polar surface area (TPSA) is 59.9 Å². The van der Waals surface area contributed by atoms with E-state index >= 15 is 0 Å². The number of ether oxygens (including phenoxy) is 1. The quantitative estimate of drug-likeness (QED) is 0.820. The minimum absolute atomic E-state index is 0.0845. The van der Waals surface area contributed by atoms with Crippen LogP contribution >= 0.6 is 15.9 Å². The van der Waals surface area contributed by atoms with Gasteiger partial charge in [-0.05, 0) is 22.9 Å². The van der Waals surface area contributed by atoms with Gasteiger partial charge in [-0.25, -0.2) is 4.79 Å². The second-order valence-corrected chi connectivity index (χ2v) is 3.42. The van der Waals surface area contributed by atoms with E-state index in [0.29, 0.717) is 19.6 Å². The van der Waals surface area contributed by atoms with E-state index in [4.69, 9.17) is 4.84 Å². The van der Waals surface area contributed by atoms with E-state index < -0.39 is 6.09 Å². The molecule has 1 aliphatic heterocycles. The lowest BCUT2D eigenvalue weighted by Gasteiger charge is -2.08. The molecule has 5 nitrogen and oxygen atoms in total. The molecule has 74 valence electrons. The summed E-state index contributed by atoms with van der Waals surface area (Å²) in [5, 5.41) is 6.25. The third-order valence-electron chi connectivity index (χ3n) is 1.45. The van der Waals surface area contributed by atoms with E-state index in [2.05, 4.69) is 31.1 Å². The molecular weight excluding hydrogens is 240 g/mol. The maximum absolute atomic E-state index is 10.8. The average Bonchev–Trinajstić information content (AvgIpc) is 2.49. The van der Waals surface area contributed by atoms with Crippen LogP contribution in [-0.2, 0) is 9.57 Å². The van der Waals surface area contributed by atoms with Crippen LogP contribution in [0.4, 0.5) is 4.79 Å². The van der Waals surface area contributed by atoms with Gasteiger partial charge in [0.25, 0.3) is 0 Å².